The molecule has 0 bridgehead atoms. The van der Waals surface area contributed by atoms with Gasteiger partial charge in [0.1, 0.15) is 5.82 Å². The SMILES string of the molecule is Cc1cc(C)c(S(=O)(=O)NC(I)(CSc2ccc(F)c(Cl)c2)C(F)(F)F)c(C)c1. The molecule has 2 aromatic carbocycles. The zero-order valence-corrected chi connectivity index (χ0v) is 20.0. The summed E-state index contributed by atoms with van der Waals surface area (Å²) in [6, 6.07) is 6.70. The number of hydrogen-bond acceptors (Lipinski definition) is 3. The normalized spacial score (nSPS) is 14.7. The van der Waals surface area contributed by atoms with Crippen LogP contribution in [0.5, 0.6) is 0 Å². The van der Waals surface area contributed by atoms with Gasteiger partial charge in [0, 0.05) is 10.6 Å². The van der Waals surface area contributed by atoms with E-state index in [0.29, 0.717) is 11.1 Å². The third-order valence-electron chi connectivity index (χ3n) is 3.95. The van der Waals surface area contributed by atoms with Crippen molar-refractivity contribution < 1.29 is 26.0 Å². The lowest BCUT2D eigenvalue weighted by Gasteiger charge is -2.31. The van der Waals surface area contributed by atoms with Crippen LogP contribution in [0, 0.1) is 26.6 Å². The molecule has 1 N–H and O–H groups in total. The first kappa shape index (κ1) is 24.7. The molecule has 2 rings (SSSR count). The summed E-state index contributed by atoms with van der Waals surface area (Å²) in [5.41, 5.74) is 1.52. The zero-order chi connectivity index (χ0) is 22.2. The summed E-state index contributed by atoms with van der Waals surface area (Å²) in [4.78, 5) is 0.104. The molecule has 0 aromatic heterocycles. The van der Waals surface area contributed by atoms with Crippen LogP contribution < -0.4 is 4.72 Å². The van der Waals surface area contributed by atoms with Gasteiger partial charge in [-0.3, -0.25) is 0 Å². The molecule has 3 nitrogen and oxygen atoms in total. The van der Waals surface area contributed by atoms with Gasteiger partial charge >= 0.3 is 6.18 Å². The summed E-state index contributed by atoms with van der Waals surface area (Å²) in [5, 5.41) is -0.229. The minimum atomic E-state index is -4.88. The van der Waals surface area contributed by atoms with Crippen LogP contribution in [0.1, 0.15) is 16.7 Å². The van der Waals surface area contributed by atoms with Crippen molar-refractivity contribution in [3.63, 3.8) is 0 Å². The van der Waals surface area contributed by atoms with Gasteiger partial charge in [0.2, 0.25) is 10.0 Å². The lowest BCUT2D eigenvalue weighted by Crippen LogP contribution is -2.55. The topological polar surface area (TPSA) is 46.2 Å². The van der Waals surface area contributed by atoms with Gasteiger partial charge in [0.25, 0.3) is 0 Å². The number of aryl methyl sites for hydroxylation is 3. The lowest BCUT2D eigenvalue weighted by molar-refractivity contribution is -0.151. The first-order chi connectivity index (χ1) is 13.2. The van der Waals surface area contributed by atoms with Crippen molar-refractivity contribution in [1.29, 1.82) is 0 Å². The highest BCUT2D eigenvalue weighted by atomic mass is 127. The molecule has 0 aliphatic carbocycles. The van der Waals surface area contributed by atoms with Crippen LogP contribution in [0.4, 0.5) is 17.6 Å². The third kappa shape index (κ3) is 5.78. The molecule has 11 heteroatoms. The summed E-state index contributed by atoms with van der Waals surface area (Å²) in [5.74, 6) is -1.37. The summed E-state index contributed by atoms with van der Waals surface area (Å²) in [6.07, 6.45) is -4.88. The quantitative estimate of drug-likeness (QED) is 0.146. The van der Waals surface area contributed by atoms with Gasteiger partial charge in [0.05, 0.1) is 9.92 Å². The highest BCUT2D eigenvalue weighted by Crippen LogP contribution is 2.42. The number of benzene rings is 2. The highest BCUT2D eigenvalue weighted by molar-refractivity contribution is 14.1. The summed E-state index contributed by atoms with van der Waals surface area (Å²) >= 11 is 7.44. The van der Waals surface area contributed by atoms with E-state index in [0.717, 1.165) is 46.0 Å². The van der Waals surface area contributed by atoms with Crippen molar-refractivity contribution >= 4 is 56.0 Å². The molecule has 29 heavy (non-hydrogen) atoms. The molecule has 0 saturated heterocycles. The number of alkyl halides is 4. The van der Waals surface area contributed by atoms with Gasteiger partial charge in [-0.15, -0.1) is 11.8 Å². The second-order valence-electron chi connectivity index (χ2n) is 6.50. The molecule has 0 fully saturated rings. The summed E-state index contributed by atoms with van der Waals surface area (Å²) in [6.45, 7) is 4.84. The van der Waals surface area contributed by atoms with E-state index in [1.54, 1.807) is 19.1 Å². The van der Waals surface area contributed by atoms with E-state index < -0.39 is 31.3 Å². The Morgan fingerprint density at radius 3 is 2.14 bits per heavy atom. The van der Waals surface area contributed by atoms with Crippen molar-refractivity contribution in [2.24, 2.45) is 0 Å². The van der Waals surface area contributed by atoms with Crippen LogP contribution >= 0.6 is 46.0 Å². The number of rotatable bonds is 6. The van der Waals surface area contributed by atoms with E-state index in [1.165, 1.54) is 26.0 Å². The summed E-state index contributed by atoms with van der Waals surface area (Å²) in [7, 11) is -4.48. The Morgan fingerprint density at radius 2 is 1.66 bits per heavy atom. The Balaban J connectivity index is 2.38. The number of sulfonamides is 1. The van der Waals surface area contributed by atoms with Gasteiger partial charge < -0.3 is 0 Å². The Kier molecular flexibility index (Phi) is 7.58. The minimum absolute atomic E-state index is 0.178. The van der Waals surface area contributed by atoms with Crippen LogP contribution in [-0.2, 0) is 10.0 Å². The Hall–Kier alpha value is -0.560. The maximum absolute atomic E-state index is 13.8. The Labute approximate surface area is 189 Å². The van der Waals surface area contributed by atoms with Gasteiger partial charge in [-0.1, -0.05) is 29.3 Å². The monoisotopic (exact) mass is 581 g/mol. The standard InChI is InChI=1S/C18H17ClF4INO2S2/c1-10-6-11(2)16(12(3)7-10)29(26,27)25-17(24,18(21,22)23)9-28-13-4-5-15(20)14(19)8-13/h4-8,25H,9H2,1-3H3. The van der Waals surface area contributed by atoms with Crippen LogP contribution in [0.25, 0.3) is 0 Å². The van der Waals surface area contributed by atoms with Gasteiger partial charge in [-0.25, -0.2) is 12.8 Å². The molecule has 0 spiro atoms. The average Bonchev–Trinajstić information content (AvgIpc) is 2.53. The molecular weight excluding hydrogens is 565 g/mol. The predicted octanol–water partition coefficient (Wildman–Crippen LogP) is 6.17. The molecule has 2 aromatic rings. The minimum Gasteiger partial charge on any atom is -0.207 e. The second kappa shape index (κ2) is 8.89. The van der Waals surface area contributed by atoms with Crippen LogP contribution in [-0.4, -0.2) is 23.9 Å². The fourth-order valence-corrected chi connectivity index (χ4v) is 7.09. The molecule has 0 saturated carbocycles. The van der Waals surface area contributed by atoms with Gasteiger partial charge in [-0.2, -0.15) is 17.9 Å². The molecule has 1 unspecified atom stereocenters. The maximum atomic E-state index is 13.8. The molecule has 0 amide bonds. The molecule has 0 heterocycles. The van der Waals surface area contributed by atoms with Crippen LogP contribution in [0.3, 0.4) is 0 Å². The van der Waals surface area contributed by atoms with Crippen molar-refractivity contribution in [3.8, 4) is 0 Å². The number of nitrogens with one attached hydrogen (secondary N) is 1. The van der Waals surface area contributed by atoms with Crippen molar-refractivity contribution in [3.05, 3.63) is 57.9 Å². The van der Waals surface area contributed by atoms with Crippen LogP contribution in [0.15, 0.2) is 40.1 Å². The molecule has 0 radical (unpaired) electrons. The average molecular weight is 582 g/mol. The van der Waals surface area contributed by atoms with Crippen molar-refractivity contribution in [1.82, 2.24) is 4.72 Å². The Bertz CT molecular complexity index is 1010. The summed E-state index contributed by atoms with van der Waals surface area (Å²) < 4.78 is 79.5. The van der Waals surface area contributed by atoms with E-state index in [-0.39, 0.29) is 14.8 Å². The number of halogens is 6. The highest BCUT2D eigenvalue weighted by Gasteiger charge is 2.55. The number of thioether (sulfide) groups is 1. The van der Waals surface area contributed by atoms with Crippen molar-refractivity contribution in [2.75, 3.05) is 5.75 Å². The molecule has 160 valence electrons. The number of hydrogen-bond donors (Lipinski definition) is 1. The fraction of sp³-hybridized carbons (Fsp3) is 0.333. The van der Waals surface area contributed by atoms with Crippen LogP contribution in [0.2, 0.25) is 5.02 Å². The zero-order valence-electron chi connectivity index (χ0n) is 15.5. The molecule has 0 aliphatic rings. The van der Waals surface area contributed by atoms with E-state index in [9.17, 15) is 26.0 Å². The predicted molar refractivity (Wildman–Crippen MR) is 116 cm³/mol. The van der Waals surface area contributed by atoms with Gasteiger partial charge in [0.15, 0.2) is 3.55 Å². The van der Waals surface area contributed by atoms with Crippen molar-refractivity contribution in [2.45, 2.75) is 40.3 Å². The fourth-order valence-electron chi connectivity index (χ4n) is 2.77. The lowest BCUT2D eigenvalue weighted by atomic mass is 10.1. The first-order valence-electron chi connectivity index (χ1n) is 8.11. The smallest absolute Gasteiger partial charge is 0.207 e. The Morgan fingerprint density at radius 1 is 1.10 bits per heavy atom. The van der Waals surface area contributed by atoms with E-state index in [2.05, 4.69) is 0 Å². The first-order valence-corrected chi connectivity index (χ1v) is 12.0. The second-order valence-corrected chi connectivity index (χ2v) is 11.4. The molecule has 0 aliphatic heterocycles. The van der Waals surface area contributed by atoms with E-state index in [4.69, 9.17) is 11.6 Å². The van der Waals surface area contributed by atoms with Gasteiger partial charge in [-0.05, 0) is 72.7 Å². The van der Waals surface area contributed by atoms with E-state index >= 15 is 0 Å². The maximum Gasteiger partial charge on any atom is 0.417 e. The third-order valence-corrected chi connectivity index (χ3v) is 9.35. The molecular formula is C18H17ClF4INO2S2. The van der Waals surface area contributed by atoms with E-state index in [1.807, 2.05) is 4.72 Å². The largest absolute Gasteiger partial charge is 0.417 e. The molecule has 1 atom stereocenters.